The van der Waals surface area contributed by atoms with Gasteiger partial charge in [0.05, 0.1) is 5.39 Å². The Morgan fingerprint density at radius 2 is 2.10 bits per heavy atom. The molecule has 0 aliphatic carbocycles. The van der Waals surface area contributed by atoms with Gasteiger partial charge in [-0.2, -0.15) is 11.8 Å². The molecule has 2 N–H and O–H groups in total. The molecular formula is C15H17NO4S. The van der Waals surface area contributed by atoms with Gasteiger partial charge >= 0.3 is 0 Å². The highest BCUT2D eigenvalue weighted by Gasteiger charge is 2.11. The Labute approximate surface area is 126 Å². The van der Waals surface area contributed by atoms with Crippen molar-refractivity contribution in [1.29, 1.82) is 0 Å². The van der Waals surface area contributed by atoms with E-state index >= 15 is 0 Å². The number of nitrogens with one attached hydrogen (secondary N) is 1. The van der Waals surface area contributed by atoms with E-state index in [4.69, 9.17) is 9.52 Å². The zero-order chi connectivity index (χ0) is 15.1. The van der Waals surface area contributed by atoms with Crippen LogP contribution < -0.4 is 10.7 Å². The molecule has 0 unspecified atom stereocenters. The van der Waals surface area contributed by atoms with Crippen LogP contribution in [0.2, 0.25) is 0 Å². The number of fused-ring (bicyclic) bond motifs is 1. The summed E-state index contributed by atoms with van der Waals surface area (Å²) in [5.41, 5.74) is 0.187. The second kappa shape index (κ2) is 7.85. The van der Waals surface area contributed by atoms with Crippen molar-refractivity contribution in [3.05, 3.63) is 46.3 Å². The van der Waals surface area contributed by atoms with Crippen molar-refractivity contribution in [2.24, 2.45) is 0 Å². The van der Waals surface area contributed by atoms with Crippen LogP contribution in [-0.2, 0) is 0 Å². The fourth-order valence-corrected chi connectivity index (χ4v) is 2.59. The lowest BCUT2D eigenvalue weighted by Gasteiger charge is -2.05. The van der Waals surface area contributed by atoms with E-state index < -0.39 is 0 Å². The standard InChI is InChI=1S/C15H17NO4S/c17-7-3-8-21-9-6-16-15(19)14-10-12(18)11-4-1-2-5-13(11)20-14/h1-2,4-5,10,17H,3,6-9H2,(H,16,19). The molecule has 2 rings (SSSR count). The minimum absolute atomic E-state index is 0.0269. The molecule has 0 aliphatic heterocycles. The summed E-state index contributed by atoms with van der Waals surface area (Å²) >= 11 is 1.65. The zero-order valence-electron chi connectivity index (χ0n) is 11.5. The van der Waals surface area contributed by atoms with Crippen molar-refractivity contribution in [2.75, 3.05) is 24.7 Å². The number of benzene rings is 1. The number of para-hydroxylation sites is 1. The largest absolute Gasteiger partial charge is 0.451 e. The maximum atomic E-state index is 11.9. The summed E-state index contributed by atoms with van der Waals surface area (Å²) in [5.74, 6) is 1.25. The molecule has 0 saturated heterocycles. The summed E-state index contributed by atoms with van der Waals surface area (Å²) in [6, 6.07) is 8.06. The molecule has 1 amide bonds. The summed E-state index contributed by atoms with van der Waals surface area (Å²) in [4.78, 5) is 23.8. The van der Waals surface area contributed by atoms with E-state index in [9.17, 15) is 9.59 Å². The average Bonchev–Trinajstić information content (AvgIpc) is 2.50. The molecule has 0 bridgehead atoms. The van der Waals surface area contributed by atoms with E-state index in [0.29, 0.717) is 17.5 Å². The van der Waals surface area contributed by atoms with Gasteiger partial charge in [-0.1, -0.05) is 12.1 Å². The molecule has 21 heavy (non-hydrogen) atoms. The third-order valence-electron chi connectivity index (χ3n) is 2.84. The first-order valence-electron chi connectivity index (χ1n) is 6.72. The second-order valence-corrected chi connectivity index (χ2v) is 5.64. The minimum atomic E-state index is -0.388. The van der Waals surface area contributed by atoms with Crippen LogP contribution >= 0.6 is 11.8 Å². The summed E-state index contributed by atoms with van der Waals surface area (Å²) in [6.45, 7) is 0.674. The quantitative estimate of drug-likeness (QED) is 0.760. The lowest BCUT2D eigenvalue weighted by Crippen LogP contribution is -2.26. The Balaban J connectivity index is 1.95. The maximum absolute atomic E-state index is 11.9. The molecular weight excluding hydrogens is 290 g/mol. The van der Waals surface area contributed by atoms with Crippen LogP contribution in [0.1, 0.15) is 17.0 Å². The third-order valence-corrected chi connectivity index (χ3v) is 3.91. The van der Waals surface area contributed by atoms with Crippen LogP contribution in [0.3, 0.4) is 0 Å². The summed E-state index contributed by atoms with van der Waals surface area (Å²) < 4.78 is 5.45. The van der Waals surface area contributed by atoms with E-state index in [2.05, 4.69) is 5.32 Å². The lowest BCUT2D eigenvalue weighted by molar-refractivity contribution is 0.0929. The normalized spacial score (nSPS) is 10.7. The lowest BCUT2D eigenvalue weighted by atomic mass is 10.2. The van der Waals surface area contributed by atoms with Gasteiger partial charge in [0, 0.05) is 25.0 Å². The van der Waals surface area contributed by atoms with Crippen molar-refractivity contribution in [1.82, 2.24) is 5.32 Å². The first kappa shape index (κ1) is 15.6. The van der Waals surface area contributed by atoms with Gasteiger partial charge in [0.15, 0.2) is 11.2 Å². The Kier molecular flexibility index (Phi) is 5.83. The smallest absolute Gasteiger partial charge is 0.287 e. The number of hydrogen-bond acceptors (Lipinski definition) is 5. The van der Waals surface area contributed by atoms with Crippen molar-refractivity contribution in [3.63, 3.8) is 0 Å². The van der Waals surface area contributed by atoms with Crippen molar-refractivity contribution in [3.8, 4) is 0 Å². The van der Waals surface area contributed by atoms with Crippen LogP contribution in [0.25, 0.3) is 11.0 Å². The van der Waals surface area contributed by atoms with Crippen molar-refractivity contribution >= 4 is 28.6 Å². The van der Waals surface area contributed by atoms with Crippen LogP contribution in [0.15, 0.2) is 39.5 Å². The first-order valence-corrected chi connectivity index (χ1v) is 7.87. The molecule has 0 fully saturated rings. The molecule has 0 spiro atoms. The topological polar surface area (TPSA) is 79.5 Å². The van der Waals surface area contributed by atoms with E-state index in [1.807, 2.05) is 0 Å². The van der Waals surface area contributed by atoms with Gasteiger partial charge in [-0.05, 0) is 24.3 Å². The van der Waals surface area contributed by atoms with Gasteiger partial charge in [-0.15, -0.1) is 0 Å². The number of rotatable bonds is 7. The molecule has 0 radical (unpaired) electrons. The van der Waals surface area contributed by atoms with Crippen LogP contribution in [0.4, 0.5) is 0 Å². The highest BCUT2D eigenvalue weighted by molar-refractivity contribution is 7.99. The highest BCUT2D eigenvalue weighted by atomic mass is 32.2. The summed E-state index contributed by atoms with van der Waals surface area (Å²) in [7, 11) is 0. The van der Waals surface area contributed by atoms with Crippen molar-refractivity contribution < 1.29 is 14.3 Å². The predicted molar refractivity (Wildman–Crippen MR) is 83.8 cm³/mol. The third kappa shape index (κ3) is 4.34. The molecule has 0 aliphatic rings. The first-order chi connectivity index (χ1) is 10.2. The average molecular weight is 307 g/mol. The number of thioether (sulfide) groups is 1. The number of amides is 1. The Hall–Kier alpha value is -1.79. The molecule has 0 atom stereocenters. The Morgan fingerprint density at radius 1 is 1.29 bits per heavy atom. The van der Waals surface area contributed by atoms with E-state index in [1.165, 1.54) is 6.07 Å². The van der Waals surface area contributed by atoms with Gasteiger partial charge in [0.25, 0.3) is 5.91 Å². The Bertz CT molecular complexity index is 668. The minimum Gasteiger partial charge on any atom is -0.451 e. The molecule has 112 valence electrons. The SMILES string of the molecule is O=C(NCCSCCCO)c1cc(=O)c2ccccc2o1. The number of aliphatic hydroxyl groups is 1. The molecule has 5 nitrogen and oxygen atoms in total. The van der Waals surface area contributed by atoms with Gasteiger partial charge < -0.3 is 14.8 Å². The zero-order valence-corrected chi connectivity index (χ0v) is 12.3. The van der Waals surface area contributed by atoms with Gasteiger partial charge in [0.1, 0.15) is 5.58 Å². The molecule has 1 heterocycles. The van der Waals surface area contributed by atoms with Crippen LogP contribution in [-0.4, -0.2) is 35.7 Å². The molecule has 0 saturated carbocycles. The van der Waals surface area contributed by atoms with Crippen LogP contribution in [0.5, 0.6) is 0 Å². The molecule has 1 aromatic heterocycles. The van der Waals surface area contributed by atoms with E-state index in [-0.39, 0.29) is 23.7 Å². The molecule has 1 aromatic carbocycles. The number of hydrogen-bond donors (Lipinski definition) is 2. The van der Waals surface area contributed by atoms with Gasteiger partial charge in [-0.3, -0.25) is 9.59 Å². The second-order valence-electron chi connectivity index (χ2n) is 4.42. The number of carbonyl (C=O) groups is 1. The monoisotopic (exact) mass is 307 g/mol. The van der Waals surface area contributed by atoms with Gasteiger partial charge in [-0.25, -0.2) is 0 Å². The maximum Gasteiger partial charge on any atom is 0.287 e. The van der Waals surface area contributed by atoms with Gasteiger partial charge in [0.2, 0.25) is 0 Å². The fourth-order valence-electron chi connectivity index (χ4n) is 1.81. The fraction of sp³-hybridized carbons (Fsp3) is 0.333. The summed E-state index contributed by atoms with van der Waals surface area (Å²) in [5, 5.41) is 11.8. The van der Waals surface area contributed by atoms with E-state index in [0.717, 1.165) is 17.9 Å². The molecule has 2 aromatic rings. The predicted octanol–water partition coefficient (Wildman–Crippen LogP) is 1.64. The van der Waals surface area contributed by atoms with Crippen molar-refractivity contribution in [2.45, 2.75) is 6.42 Å². The highest BCUT2D eigenvalue weighted by Crippen LogP contribution is 2.11. The Morgan fingerprint density at radius 3 is 2.90 bits per heavy atom. The number of aliphatic hydroxyl groups excluding tert-OH is 1. The number of carbonyl (C=O) groups excluding carboxylic acids is 1. The van der Waals surface area contributed by atoms with Crippen LogP contribution in [0, 0.1) is 0 Å². The molecule has 6 heteroatoms. The summed E-state index contributed by atoms with van der Waals surface area (Å²) in [6.07, 6.45) is 0.748. The van der Waals surface area contributed by atoms with E-state index in [1.54, 1.807) is 36.0 Å².